The van der Waals surface area contributed by atoms with Crippen molar-refractivity contribution in [2.75, 3.05) is 6.61 Å². The van der Waals surface area contributed by atoms with E-state index in [-0.39, 0.29) is 12.7 Å². The molecule has 0 spiro atoms. The third kappa shape index (κ3) is 3.35. The van der Waals surface area contributed by atoms with E-state index in [0.717, 1.165) is 16.9 Å². The largest absolute Gasteiger partial charge is 0.483 e. The molecule has 1 N–H and O–H groups in total. The van der Waals surface area contributed by atoms with Gasteiger partial charge in [-0.1, -0.05) is 72.8 Å². The molecule has 1 unspecified atom stereocenters. The second kappa shape index (κ2) is 6.92. The second-order valence-corrected chi connectivity index (χ2v) is 5.09. The van der Waals surface area contributed by atoms with E-state index in [1.165, 1.54) is 5.56 Å². The summed E-state index contributed by atoms with van der Waals surface area (Å²) in [5.74, 6) is 0.752. The third-order valence-electron chi connectivity index (χ3n) is 3.58. The van der Waals surface area contributed by atoms with Gasteiger partial charge in [0.05, 0.1) is 6.61 Å². The zero-order valence-corrected chi connectivity index (χ0v) is 12.2. The van der Waals surface area contributed by atoms with Gasteiger partial charge in [-0.05, 0) is 28.8 Å². The topological polar surface area (TPSA) is 29.5 Å². The Morgan fingerprint density at radius 1 is 0.682 bits per heavy atom. The van der Waals surface area contributed by atoms with Gasteiger partial charge < -0.3 is 9.84 Å². The maximum atomic E-state index is 9.55. The van der Waals surface area contributed by atoms with Crippen LogP contribution in [0.2, 0.25) is 0 Å². The van der Waals surface area contributed by atoms with Crippen LogP contribution in [0.3, 0.4) is 0 Å². The summed E-state index contributed by atoms with van der Waals surface area (Å²) in [6, 6.07) is 27.9. The van der Waals surface area contributed by atoms with Gasteiger partial charge >= 0.3 is 0 Å². The van der Waals surface area contributed by atoms with Crippen molar-refractivity contribution in [3.63, 3.8) is 0 Å². The molecule has 0 fully saturated rings. The monoisotopic (exact) mass is 290 g/mol. The number of hydrogen-bond acceptors (Lipinski definition) is 2. The van der Waals surface area contributed by atoms with Gasteiger partial charge in [-0.3, -0.25) is 0 Å². The molecule has 0 aliphatic rings. The number of hydrogen-bond donors (Lipinski definition) is 1. The molecule has 0 amide bonds. The van der Waals surface area contributed by atoms with Gasteiger partial charge in [-0.25, -0.2) is 0 Å². The van der Waals surface area contributed by atoms with Crippen LogP contribution in [0, 0.1) is 0 Å². The van der Waals surface area contributed by atoms with Gasteiger partial charge in [-0.2, -0.15) is 0 Å². The molecule has 22 heavy (non-hydrogen) atoms. The summed E-state index contributed by atoms with van der Waals surface area (Å²) < 4.78 is 5.89. The van der Waals surface area contributed by atoms with Crippen LogP contribution in [-0.2, 0) is 0 Å². The highest BCUT2D eigenvalue weighted by Crippen LogP contribution is 2.25. The van der Waals surface area contributed by atoms with E-state index in [1.54, 1.807) is 0 Å². The SMILES string of the molecule is OCC(Oc1ccc(-c2ccccc2)cc1)c1ccccc1. The van der Waals surface area contributed by atoms with E-state index < -0.39 is 0 Å². The molecule has 3 aromatic carbocycles. The molecule has 0 aromatic heterocycles. The minimum absolute atomic E-state index is 0.0511. The molecule has 3 aromatic rings. The standard InChI is InChI=1S/C20H18O2/c21-15-20(18-9-5-2-6-10-18)22-19-13-11-17(12-14-19)16-7-3-1-4-8-16/h1-14,20-21H,15H2. The van der Waals surface area contributed by atoms with Crippen LogP contribution in [0.1, 0.15) is 11.7 Å². The fourth-order valence-electron chi connectivity index (χ4n) is 2.40. The first kappa shape index (κ1) is 14.4. The zero-order valence-electron chi connectivity index (χ0n) is 12.2. The molecule has 0 bridgehead atoms. The van der Waals surface area contributed by atoms with E-state index >= 15 is 0 Å². The van der Waals surface area contributed by atoms with Crippen LogP contribution in [0.25, 0.3) is 11.1 Å². The Bertz CT molecular complexity index is 691. The Hall–Kier alpha value is -2.58. The van der Waals surface area contributed by atoms with Gasteiger partial charge in [0, 0.05) is 0 Å². The maximum Gasteiger partial charge on any atom is 0.147 e. The first-order valence-electron chi connectivity index (χ1n) is 7.35. The lowest BCUT2D eigenvalue weighted by Gasteiger charge is -2.17. The molecule has 0 aliphatic carbocycles. The predicted molar refractivity (Wildman–Crippen MR) is 88.8 cm³/mol. The molecule has 0 radical (unpaired) electrons. The highest BCUT2D eigenvalue weighted by Gasteiger charge is 2.11. The molecule has 0 heterocycles. The van der Waals surface area contributed by atoms with Crippen molar-refractivity contribution in [1.29, 1.82) is 0 Å². The minimum atomic E-state index is -0.344. The van der Waals surface area contributed by atoms with Crippen molar-refractivity contribution in [3.8, 4) is 16.9 Å². The number of aliphatic hydroxyl groups is 1. The molecule has 0 saturated heterocycles. The van der Waals surface area contributed by atoms with E-state index in [1.807, 2.05) is 72.8 Å². The fraction of sp³-hybridized carbons (Fsp3) is 0.100. The van der Waals surface area contributed by atoms with Crippen LogP contribution >= 0.6 is 0 Å². The lowest BCUT2D eigenvalue weighted by atomic mass is 10.1. The molecule has 0 aliphatic heterocycles. The van der Waals surface area contributed by atoms with E-state index in [0.29, 0.717) is 0 Å². The summed E-state index contributed by atoms with van der Waals surface area (Å²) in [7, 11) is 0. The van der Waals surface area contributed by atoms with Crippen molar-refractivity contribution in [3.05, 3.63) is 90.5 Å². The molecule has 3 rings (SSSR count). The Balaban J connectivity index is 1.76. The normalized spacial score (nSPS) is 11.9. The first-order chi connectivity index (χ1) is 10.9. The molecule has 1 atom stereocenters. The van der Waals surface area contributed by atoms with Crippen molar-refractivity contribution in [2.45, 2.75) is 6.10 Å². The maximum absolute atomic E-state index is 9.55. The number of aliphatic hydroxyl groups excluding tert-OH is 1. The van der Waals surface area contributed by atoms with Crippen LogP contribution in [0.5, 0.6) is 5.75 Å². The summed E-state index contributed by atoms with van der Waals surface area (Å²) in [6.07, 6.45) is -0.344. The minimum Gasteiger partial charge on any atom is -0.483 e. The van der Waals surface area contributed by atoms with Gasteiger partial charge in [-0.15, -0.1) is 0 Å². The van der Waals surface area contributed by atoms with Gasteiger partial charge in [0.25, 0.3) is 0 Å². The summed E-state index contributed by atoms with van der Waals surface area (Å²) in [6.45, 7) is -0.0511. The molecule has 110 valence electrons. The van der Waals surface area contributed by atoms with E-state index in [2.05, 4.69) is 12.1 Å². The van der Waals surface area contributed by atoms with Crippen LogP contribution in [-0.4, -0.2) is 11.7 Å². The first-order valence-corrected chi connectivity index (χ1v) is 7.35. The molecular weight excluding hydrogens is 272 g/mol. The smallest absolute Gasteiger partial charge is 0.147 e. The summed E-state index contributed by atoms with van der Waals surface area (Å²) in [5, 5.41) is 9.55. The molecule has 2 nitrogen and oxygen atoms in total. The van der Waals surface area contributed by atoms with Gasteiger partial charge in [0.2, 0.25) is 0 Å². The summed E-state index contributed by atoms with van der Waals surface area (Å²) >= 11 is 0. The van der Waals surface area contributed by atoms with Crippen molar-refractivity contribution in [1.82, 2.24) is 0 Å². The average molecular weight is 290 g/mol. The Morgan fingerprint density at radius 2 is 1.23 bits per heavy atom. The van der Waals surface area contributed by atoms with Crippen molar-refractivity contribution in [2.24, 2.45) is 0 Å². The quantitative estimate of drug-likeness (QED) is 0.751. The lowest BCUT2D eigenvalue weighted by Crippen LogP contribution is -2.11. The van der Waals surface area contributed by atoms with E-state index in [4.69, 9.17) is 4.74 Å². The Morgan fingerprint density at radius 3 is 1.82 bits per heavy atom. The third-order valence-corrected chi connectivity index (χ3v) is 3.58. The molecule has 2 heteroatoms. The van der Waals surface area contributed by atoms with Crippen molar-refractivity contribution >= 4 is 0 Å². The van der Waals surface area contributed by atoms with Crippen molar-refractivity contribution < 1.29 is 9.84 Å². The summed E-state index contributed by atoms with van der Waals surface area (Å²) in [5.41, 5.74) is 3.29. The van der Waals surface area contributed by atoms with Crippen LogP contribution in [0.15, 0.2) is 84.9 Å². The molecular formula is C20H18O2. The van der Waals surface area contributed by atoms with Gasteiger partial charge in [0.1, 0.15) is 11.9 Å². The Kier molecular flexibility index (Phi) is 4.52. The van der Waals surface area contributed by atoms with E-state index in [9.17, 15) is 5.11 Å². The highest BCUT2D eigenvalue weighted by molar-refractivity contribution is 5.63. The zero-order chi connectivity index (χ0) is 15.2. The highest BCUT2D eigenvalue weighted by atomic mass is 16.5. The van der Waals surface area contributed by atoms with Crippen LogP contribution in [0.4, 0.5) is 0 Å². The van der Waals surface area contributed by atoms with Gasteiger partial charge in [0.15, 0.2) is 0 Å². The predicted octanol–water partition coefficient (Wildman–Crippen LogP) is 4.47. The summed E-state index contributed by atoms with van der Waals surface area (Å²) in [4.78, 5) is 0. The number of benzene rings is 3. The van der Waals surface area contributed by atoms with Crippen LogP contribution < -0.4 is 4.74 Å². The fourth-order valence-corrected chi connectivity index (χ4v) is 2.40. The molecule has 0 saturated carbocycles. The number of rotatable bonds is 5. The second-order valence-electron chi connectivity index (χ2n) is 5.09. The average Bonchev–Trinajstić information content (AvgIpc) is 2.62. The lowest BCUT2D eigenvalue weighted by molar-refractivity contribution is 0.116. The number of ether oxygens (including phenoxy) is 1. The Labute approximate surface area is 130 Å².